The standard InChI is InChI=1S/C15H25BrN2O2/c1-6-20-15-13(16)7-12(8-14(15)19-5)10-17-9-11(2)18(3)4/h7-8,11,17H,6,9-10H2,1-5H3. The summed E-state index contributed by atoms with van der Waals surface area (Å²) in [6.07, 6.45) is 0. The number of methoxy groups -OCH3 is 1. The molecule has 1 rings (SSSR count). The van der Waals surface area contributed by atoms with E-state index in [1.165, 1.54) is 5.56 Å². The zero-order valence-electron chi connectivity index (χ0n) is 13.0. The molecule has 0 aliphatic carbocycles. The molecule has 0 aliphatic heterocycles. The highest BCUT2D eigenvalue weighted by molar-refractivity contribution is 9.10. The fourth-order valence-corrected chi connectivity index (χ4v) is 2.37. The Hall–Kier alpha value is -0.780. The number of likely N-dealkylation sites (N-methyl/N-ethyl adjacent to an activating group) is 1. The third-order valence-electron chi connectivity index (χ3n) is 3.23. The summed E-state index contributed by atoms with van der Waals surface area (Å²) in [6, 6.07) is 4.59. The zero-order chi connectivity index (χ0) is 15.1. The lowest BCUT2D eigenvalue weighted by atomic mass is 10.2. The van der Waals surface area contributed by atoms with Crippen molar-refractivity contribution in [2.75, 3.05) is 34.4 Å². The van der Waals surface area contributed by atoms with Gasteiger partial charge < -0.3 is 19.7 Å². The number of benzene rings is 1. The molecule has 0 saturated heterocycles. The topological polar surface area (TPSA) is 33.7 Å². The van der Waals surface area contributed by atoms with Gasteiger partial charge in [-0.1, -0.05) is 0 Å². The minimum absolute atomic E-state index is 0.503. The number of nitrogens with one attached hydrogen (secondary N) is 1. The lowest BCUT2D eigenvalue weighted by Gasteiger charge is -2.20. The molecule has 0 fully saturated rings. The maximum Gasteiger partial charge on any atom is 0.175 e. The van der Waals surface area contributed by atoms with Gasteiger partial charge in [0.05, 0.1) is 18.2 Å². The van der Waals surface area contributed by atoms with Gasteiger partial charge in [0.15, 0.2) is 11.5 Å². The summed E-state index contributed by atoms with van der Waals surface area (Å²) in [5, 5.41) is 3.45. The van der Waals surface area contributed by atoms with Crippen LogP contribution in [-0.4, -0.2) is 45.3 Å². The molecule has 1 aromatic carbocycles. The van der Waals surface area contributed by atoms with Crippen LogP contribution in [0.5, 0.6) is 11.5 Å². The largest absolute Gasteiger partial charge is 0.493 e. The maximum absolute atomic E-state index is 5.59. The van der Waals surface area contributed by atoms with Crippen LogP contribution in [0.3, 0.4) is 0 Å². The minimum atomic E-state index is 0.503. The first kappa shape index (κ1) is 17.3. The Labute approximate surface area is 130 Å². The number of ether oxygens (including phenoxy) is 2. The van der Waals surface area contributed by atoms with Gasteiger partial charge in [0.25, 0.3) is 0 Å². The number of rotatable bonds is 8. The fourth-order valence-electron chi connectivity index (χ4n) is 1.77. The van der Waals surface area contributed by atoms with Gasteiger partial charge in [-0.2, -0.15) is 0 Å². The Morgan fingerprint density at radius 3 is 2.60 bits per heavy atom. The van der Waals surface area contributed by atoms with Gasteiger partial charge in [0.1, 0.15) is 0 Å². The van der Waals surface area contributed by atoms with E-state index in [1.54, 1.807) is 7.11 Å². The fraction of sp³-hybridized carbons (Fsp3) is 0.600. The van der Waals surface area contributed by atoms with Crippen LogP contribution in [0.25, 0.3) is 0 Å². The van der Waals surface area contributed by atoms with Gasteiger partial charge in [-0.05, 0) is 61.6 Å². The molecule has 0 bridgehead atoms. The van der Waals surface area contributed by atoms with Crippen molar-refractivity contribution in [1.29, 1.82) is 0 Å². The van der Waals surface area contributed by atoms with Crippen LogP contribution >= 0.6 is 15.9 Å². The van der Waals surface area contributed by atoms with Gasteiger partial charge in [-0.25, -0.2) is 0 Å². The Bertz CT molecular complexity index is 425. The molecule has 5 heteroatoms. The SMILES string of the molecule is CCOc1c(Br)cc(CNCC(C)N(C)C)cc1OC. The van der Waals surface area contributed by atoms with Crippen LogP contribution in [0.2, 0.25) is 0 Å². The second-order valence-electron chi connectivity index (χ2n) is 4.99. The predicted molar refractivity (Wildman–Crippen MR) is 86.7 cm³/mol. The first-order valence-corrected chi connectivity index (χ1v) is 7.65. The van der Waals surface area contributed by atoms with E-state index < -0.39 is 0 Å². The van der Waals surface area contributed by atoms with Crippen LogP contribution in [-0.2, 0) is 6.54 Å². The average molecular weight is 345 g/mol. The molecule has 0 aliphatic rings. The summed E-state index contributed by atoms with van der Waals surface area (Å²) in [5.74, 6) is 1.53. The second-order valence-corrected chi connectivity index (χ2v) is 5.84. The summed E-state index contributed by atoms with van der Waals surface area (Å²) >= 11 is 3.54. The molecule has 0 amide bonds. The van der Waals surface area contributed by atoms with E-state index in [0.717, 1.165) is 29.1 Å². The molecule has 0 heterocycles. The van der Waals surface area contributed by atoms with Crippen molar-refractivity contribution < 1.29 is 9.47 Å². The Balaban J connectivity index is 2.70. The molecule has 0 saturated carbocycles. The Morgan fingerprint density at radius 1 is 1.35 bits per heavy atom. The number of hydrogen-bond acceptors (Lipinski definition) is 4. The van der Waals surface area contributed by atoms with Crippen molar-refractivity contribution in [3.8, 4) is 11.5 Å². The molecule has 0 aromatic heterocycles. The molecule has 1 aromatic rings. The van der Waals surface area contributed by atoms with E-state index in [-0.39, 0.29) is 0 Å². The molecule has 20 heavy (non-hydrogen) atoms. The third kappa shape index (κ3) is 4.96. The van der Waals surface area contributed by atoms with E-state index in [1.807, 2.05) is 13.0 Å². The predicted octanol–water partition coefficient (Wildman–Crippen LogP) is 2.90. The van der Waals surface area contributed by atoms with Crippen molar-refractivity contribution >= 4 is 15.9 Å². The Kier molecular flexibility index (Phi) is 7.34. The minimum Gasteiger partial charge on any atom is -0.493 e. The average Bonchev–Trinajstić information content (AvgIpc) is 2.41. The van der Waals surface area contributed by atoms with Crippen molar-refractivity contribution in [3.05, 3.63) is 22.2 Å². The van der Waals surface area contributed by atoms with Crippen LogP contribution < -0.4 is 14.8 Å². The lowest BCUT2D eigenvalue weighted by Crippen LogP contribution is -2.35. The van der Waals surface area contributed by atoms with E-state index in [4.69, 9.17) is 9.47 Å². The molecule has 114 valence electrons. The molecule has 0 spiro atoms. The zero-order valence-corrected chi connectivity index (χ0v) is 14.6. The monoisotopic (exact) mass is 344 g/mol. The quantitative estimate of drug-likeness (QED) is 0.786. The number of nitrogens with zero attached hydrogens (tertiary/aromatic N) is 1. The highest BCUT2D eigenvalue weighted by atomic mass is 79.9. The first-order chi connectivity index (χ1) is 9.49. The molecular weight excluding hydrogens is 320 g/mol. The summed E-state index contributed by atoms with van der Waals surface area (Å²) in [6.45, 7) is 6.53. The van der Waals surface area contributed by atoms with Gasteiger partial charge in [-0.3, -0.25) is 0 Å². The van der Waals surface area contributed by atoms with E-state index in [9.17, 15) is 0 Å². The molecule has 0 radical (unpaired) electrons. The van der Waals surface area contributed by atoms with Gasteiger partial charge in [0, 0.05) is 19.1 Å². The molecular formula is C15H25BrN2O2. The maximum atomic E-state index is 5.59. The van der Waals surface area contributed by atoms with E-state index in [0.29, 0.717) is 12.6 Å². The highest BCUT2D eigenvalue weighted by Gasteiger charge is 2.11. The number of halogens is 1. The summed E-state index contributed by atoms with van der Waals surface area (Å²) in [7, 11) is 5.83. The van der Waals surface area contributed by atoms with Crippen LogP contribution in [0, 0.1) is 0 Å². The van der Waals surface area contributed by atoms with Gasteiger partial charge >= 0.3 is 0 Å². The summed E-state index contributed by atoms with van der Waals surface area (Å²) in [4.78, 5) is 2.20. The highest BCUT2D eigenvalue weighted by Crippen LogP contribution is 2.36. The lowest BCUT2D eigenvalue weighted by molar-refractivity contribution is 0.301. The van der Waals surface area contributed by atoms with E-state index >= 15 is 0 Å². The van der Waals surface area contributed by atoms with Crippen molar-refractivity contribution in [3.63, 3.8) is 0 Å². The van der Waals surface area contributed by atoms with Crippen molar-refractivity contribution in [2.45, 2.75) is 26.4 Å². The van der Waals surface area contributed by atoms with Crippen molar-refractivity contribution in [1.82, 2.24) is 10.2 Å². The molecule has 1 atom stereocenters. The van der Waals surface area contributed by atoms with Crippen LogP contribution in [0.1, 0.15) is 19.4 Å². The molecule has 1 N–H and O–H groups in total. The Morgan fingerprint density at radius 2 is 2.05 bits per heavy atom. The number of hydrogen-bond donors (Lipinski definition) is 1. The van der Waals surface area contributed by atoms with Crippen molar-refractivity contribution in [2.24, 2.45) is 0 Å². The second kappa shape index (κ2) is 8.49. The molecule has 4 nitrogen and oxygen atoms in total. The van der Waals surface area contributed by atoms with Gasteiger partial charge in [0.2, 0.25) is 0 Å². The van der Waals surface area contributed by atoms with E-state index in [2.05, 4.69) is 53.2 Å². The molecule has 1 unspecified atom stereocenters. The first-order valence-electron chi connectivity index (χ1n) is 6.85. The van der Waals surface area contributed by atoms with Gasteiger partial charge in [-0.15, -0.1) is 0 Å². The summed E-state index contributed by atoms with van der Waals surface area (Å²) in [5.41, 5.74) is 1.17. The van der Waals surface area contributed by atoms with Crippen LogP contribution in [0.15, 0.2) is 16.6 Å². The third-order valence-corrected chi connectivity index (χ3v) is 3.82. The van der Waals surface area contributed by atoms with Crippen LogP contribution in [0.4, 0.5) is 0 Å². The summed E-state index contributed by atoms with van der Waals surface area (Å²) < 4.78 is 11.9. The smallest absolute Gasteiger partial charge is 0.175 e. The normalized spacial score (nSPS) is 12.6.